The van der Waals surface area contributed by atoms with E-state index in [1.165, 1.54) is 0 Å². The van der Waals surface area contributed by atoms with Gasteiger partial charge < -0.3 is 15.0 Å². The number of nitrogens with one attached hydrogen (secondary N) is 2. The maximum atomic E-state index is 12.5. The van der Waals surface area contributed by atoms with Crippen LogP contribution < -0.4 is 10.9 Å². The van der Waals surface area contributed by atoms with Crippen molar-refractivity contribution in [2.24, 2.45) is 0 Å². The third-order valence-corrected chi connectivity index (χ3v) is 4.95. The van der Waals surface area contributed by atoms with Crippen molar-refractivity contribution in [3.05, 3.63) is 57.5 Å². The van der Waals surface area contributed by atoms with Crippen molar-refractivity contribution in [2.75, 3.05) is 32.8 Å². The number of carbonyl (C=O) groups is 1. The molecule has 1 saturated heterocycles. The van der Waals surface area contributed by atoms with Crippen molar-refractivity contribution in [2.45, 2.75) is 32.7 Å². The van der Waals surface area contributed by atoms with Crippen molar-refractivity contribution < 1.29 is 9.53 Å². The first kappa shape index (κ1) is 20.2. The summed E-state index contributed by atoms with van der Waals surface area (Å²) >= 11 is 0. The monoisotopic (exact) mass is 385 g/mol. The maximum absolute atomic E-state index is 12.5. The van der Waals surface area contributed by atoms with Gasteiger partial charge >= 0.3 is 0 Å². The average molecular weight is 385 g/mol. The molecule has 0 saturated carbocycles. The number of hydrogen-bond acceptors (Lipinski definition) is 6. The lowest BCUT2D eigenvalue weighted by Crippen LogP contribution is -2.44. The molecule has 2 aromatic heterocycles. The fourth-order valence-electron chi connectivity index (χ4n) is 3.36. The summed E-state index contributed by atoms with van der Waals surface area (Å²) < 4.78 is 5.44. The molecule has 1 unspecified atom stereocenters. The van der Waals surface area contributed by atoms with Crippen LogP contribution in [0.1, 0.15) is 35.7 Å². The molecule has 150 valence electrons. The molecule has 1 aliphatic rings. The van der Waals surface area contributed by atoms with Gasteiger partial charge in [-0.1, -0.05) is 13.0 Å². The second kappa shape index (κ2) is 9.57. The zero-order chi connectivity index (χ0) is 19.9. The molecule has 0 aliphatic carbocycles. The van der Waals surface area contributed by atoms with Crippen LogP contribution in [-0.4, -0.2) is 58.6 Å². The van der Waals surface area contributed by atoms with E-state index in [0.29, 0.717) is 43.3 Å². The van der Waals surface area contributed by atoms with E-state index in [1.54, 1.807) is 13.1 Å². The quantitative estimate of drug-likeness (QED) is 0.730. The standard InChI is InChI=1S/C20H27N5O3/c1-3-18-23-14(2)15(20(27)24-18)12-19(26)22-13-17(16-6-4-5-7-21-16)25-8-10-28-11-9-25/h4-7,17H,3,8-13H2,1-2H3,(H,22,26)(H,23,24,27). The number of pyridine rings is 1. The van der Waals surface area contributed by atoms with Crippen LogP contribution in [0.5, 0.6) is 0 Å². The van der Waals surface area contributed by atoms with Gasteiger partial charge in [0.15, 0.2) is 0 Å². The number of H-pyrrole nitrogens is 1. The van der Waals surface area contributed by atoms with Gasteiger partial charge in [-0.3, -0.25) is 19.5 Å². The van der Waals surface area contributed by atoms with Gasteiger partial charge in [0.25, 0.3) is 5.56 Å². The van der Waals surface area contributed by atoms with Crippen LogP contribution in [0.15, 0.2) is 29.2 Å². The highest BCUT2D eigenvalue weighted by Crippen LogP contribution is 2.19. The molecule has 0 spiro atoms. The van der Waals surface area contributed by atoms with Gasteiger partial charge in [0.2, 0.25) is 5.91 Å². The van der Waals surface area contributed by atoms with Crippen LogP contribution >= 0.6 is 0 Å². The van der Waals surface area contributed by atoms with E-state index in [2.05, 4.69) is 25.2 Å². The highest BCUT2D eigenvalue weighted by molar-refractivity contribution is 5.78. The van der Waals surface area contributed by atoms with E-state index in [0.717, 1.165) is 18.8 Å². The van der Waals surface area contributed by atoms with Gasteiger partial charge in [-0.15, -0.1) is 0 Å². The van der Waals surface area contributed by atoms with E-state index in [1.807, 2.05) is 25.1 Å². The van der Waals surface area contributed by atoms with Gasteiger partial charge in [0.1, 0.15) is 5.82 Å². The Hall–Kier alpha value is -2.58. The van der Waals surface area contributed by atoms with Gasteiger partial charge in [-0.2, -0.15) is 0 Å². The highest BCUT2D eigenvalue weighted by atomic mass is 16.5. The first-order valence-electron chi connectivity index (χ1n) is 9.66. The summed E-state index contributed by atoms with van der Waals surface area (Å²) in [6.45, 7) is 7.03. The number of carbonyl (C=O) groups excluding carboxylic acids is 1. The normalized spacial score (nSPS) is 15.9. The Morgan fingerprint density at radius 3 is 2.79 bits per heavy atom. The first-order valence-corrected chi connectivity index (χ1v) is 9.66. The fourth-order valence-corrected chi connectivity index (χ4v) is 3.36. The molecule has 28 heavy (non-hydrogen) atoms. The van der Waals surface area contributed by atoms with Gasteiger partial charge in [-0.05, 0) is 19.1 Å². The Kier molecular flexibility index (Phi) is 6.89. The highest BCUT2D eigenvalue weighted by Gasteiger charge is 2.24. The number of amides is 1. The molecular formula is C20H27N5O3. The van der Waals surface area contributed by atoms with E-state index >= 15 is 0 Å². The van der Waals surface area contributed by atoms with Gasteiger partial charge in [0, 0.05) is 43.5 Å². The van der Waals surface area contributed by atoms with Crippen LogP contribution in [0.3, 0.4) is 0 Å². The fraction of sp³-hybridized carbons (Fsp3) is 0.500. The molecule has 2 aromatic rings. The number of morpholine rings is 1. The number of aromatic amines is 1. The predicted molar refractivity (Wildman–Crippen MR) is 105 cm³/mol. The summed E-state index contributed by atoms with van der Waals surface area (Å²) in [5.41, 5.74) is 1.68. The van der Waals surface area contributed by atoms with E-state index in [9.17, 15) is 9.59 Å². The Morgan fingerprint density at radius 1 is 1.36 bits per heavy atom. The van der Waals surface area contributed by atoms with Crippen LogP contribution in [-0.2, 0) is 22.4 Å². The summed E-state index contributed by atoms with van der Waals surface area (Å²) in [4.78, 5) is 38.6. The molecule has 0 radical (unpaired) electrons. The molecule has 1 atom stereocenters. The van der Waals surface area contributed by atoms with Crippen LogP contribution in [0, 0.1) is 6.92 Å². The molecule has 1 aliphatic heterocycles. The van der Waals surface area contributed by atoms with Crippen molar-refractivity contribution in [1.29, 1.82) is 0 Å². The second-order valence-corrected chi connectivity index (χ2v) is 6.83. The van der Waals surface area contributed by atoms with Crippen molar-refractivity contribution in [3.63, 3.8) is 0 Å². The summed E-state index contributed by atoms with van der Waals surface area (Å²) in [5, 5.41) is 2.97. The first-order chi connectivity index (χ1) is 13.6. The number of hydrogen-bond donors (Lipinski definition) is 2. The average Bonchev–Trinajstić information content (AvgIpc) is 2.72. The lowest BCUT2D eigenvalue weighted by atomic mass is 10.1. The third kappa shape index (κ3) is 5.02. The molecule has 3 heterocycles. The minimum Gasteiger partial charge on any atom is -0.379 e. The molecule has 8 nitrogen and oxygen atoms in total. The van der Waals surface area contributed by atoms with Gasteiger partial charge in [-0.25, -0.2) is 4.98 Å². The molecule has 8 heteroatoms. The van der Waals surface area contributed by atoms with E-state index < -0.39 is 0 Å². The Bertz CT molecular complexity index is 847. The Morgan fingerprint density at radius 2 is 2.14 bits per heavy atom. The number of aromatic nitrogens is 3. The topological polar surface area (TPSA) is 100 Å². The number of nitrogens with zero attached hydrogens (tertiary/aromatic N) is 3. The smallest absolute Gasteiger partial charge is 0.254 e. The predicted octanol–water partition coefficient (Wildman–Crippen LogP) is 0.768. The zero-order valence-corrected chi connectivity index (χ0v) is 16.4. The lowest BCUT2D eigenvalue weighted by Gasteiger charge is -2.34. The number of rotatable bonds is 7. The van der Waals surface area contributed by atoms with Crippen LogP contribution in [0.4, 0.5) is 0 Å². The van der Waals surface area contributed by atoms with Crippen LogP contribution in [0.25, 0.3) is 0 Å². The molecule has 2 N–H and O–H groups in total. The van der Waals surface area contributed by atoms with Crippen molar-refractivity contribution in [3.8, 4) is 0 Å². The Balaban J connectivity index is 1.68. The van der Waals surface area contributed by atoms with Crippen LogP contribution in [0.2, 0.25) is 0 Å². The number of aryl methyl sites for hydroxylation is 2. The van der Waals surface area contributed by atoms with Crippen molar-refractivity contribution in [1.82, 2.24) is 25.2 Å². The molecule has 1 amide bonds. The minimum absolute atomic E-state index is 0.0101. The summed E-state index contributed by atoms with van der Waals surface area (Å²) in [7, 11) is 0. The minimum atomic E-state index is -0.242. The third-order valence-electron chi connectivity index (χ3n) is 4.95. The van der Waals surface area contributed by atoms with E-state index in [-0.39, 0.29) is 23.9 Å². The maximum Gasteiger partial charge on any atom is 0.254 e. The molecule has 0 aromatic carbocycles. The summed E-state index contributed by atoms with van der Waals surface area (Å²) in [6, 6.07) is 5.75. The molecular weight excluding hydrogens is 358 g/mol. The summed E-state index contributed by atoms with van der Waals surface area (Å²) in [6.07, 6.45) is 2.42. The van der Waals surface area contributed by atoms with E-state index in [4.69, 9.17) is 4.74 Å². The number of ether oxygens (including phenoxy) is 1. The lowest BCUT2D eigenvalue weighted by molar-refractivity contribution is -0.120. The largest absolute Gasteiger partial charge is 0.379 e. The van der Waals surface area contributed by atoms with Crippen molar-refractivity contribution >= 4 is 5.91 Å². The molecule has 0 bridgehead atoms. The Labute approximate surface area is 164 Å². The molecule has 3 rings (SSSR count). The zero-order valence-electron chi connectivity index (χ0n) is 16.4. The second-order valence-electron chi connectivity index (χ2n) is 6.83. The molecule has 1 fully saturated rings. The van der Waals surface area contributed by atoms with Gasteiger partial charge in [0.05, 0.1) is 31.4 Å². The SMILES string of the molecule is CCc1nc(C)c(CC(=O)NCC(c2ccccn2)N2CCOCC2)c(=O)[nH]1. The summed E-state index contributed by atoms with van der Waals surface area (Å²) in [5.74, 6) is 0.433.